The third kappa shape index (κ3) is 4.50. The van der Waals surface area contributed by atoms with Gasteiger partial charge < -0.3 is 5.32 Å². The van der Waals surface area contributed by atoms with Crippen molar-refractivity contribution in [2.45, 2.75) is 20.4 Å². The molecule has 2 N–H and O–H groups in total. The number of nitrogens with one attached hydrogen (secondary N) is 2. The number of nitrogens with zero attached hydrogens (tertiary/aromatic N) is 2. The van der Waals surface area contributed by atoms with Gasteiger partial charge >= 0.3 is 0 Å². The summed E-state index contributed by atoms with van der Waals surface area (Å²) in [5.41, 5.74) is 7.80. The highest BCUT2D eigenvalue weighted by atomic mass is 79.9. The molecule has 168 valence electrons. The molecule has 0 unspecified atom stereocenters. The Morgan fingerprint density at radius 1 is 0.882 bits per heavy atom. The van der Waals surface area contributed by atoms with Gasteiger partial charge in [-0.05, 0) is 37.6 Å². The lowest BCUT2D eigenvalue weighted by Crippen LogP contribution is -2.23. The van der Waals surface area contributed by atoms with Gasteiger partial charge in [0.05, 0.1) is 22.3 Å². The van der Waals surface area contributed by atoms with Gasteiger partial charge in [0.25, 0.3) is 5.91 Å². The maximum absolute atomic E-state index is 13.5. The monoisotopic (exact) mass is 510 g/mol. The average molecular weight is 511 g/mol. The number of H-pyrrole nitrogens is 1. The van der Waals surface area contributed by atoms with Crippen LogP contribution in [0.3, 0.4) is 0 Å². The first-order valence-electron chi connectivity index (χ1n) is 11.0. The van der Waals surface area contributed by atoms with Crippen molar-refractivity contribution in [1.82, 2.24) is 20.5 Å². The molecule has 34 heavy (non-hydrogen) atoms. The Labute approximate surface area is 206 Å². The summed E-state index contributed by atoms with van der Waals surface area (Å²) < 4.78 is 0.982. The molecule has 6 heteroatoms. The molecule has 5 aromatic rings. The largest absolute Gasteiger partial charge is 0.348 e. The molecule has 0 bridgehead atoms. The minimum atomic E-state index is -0.166. The highest BCUT2D eigenvalue weighted by Crippen LogP contribution is 2.32. The zero-order valence-electron chi connectivity index (χ0n) is 18.9. The summed E-state index contributed by atoms with van der Waals surface area (Å²) in [4.78, 5) is 18.3. The summed E-state index contributed by atoms with van der Waals surface area (Å²) in [6, 6.07) is 26.0. The third-order valence-electron chi connectivity index (χ3n) is 5.82. The van der Waals surface area contributed by atoms with E-state index in [1.807, 2.05) is 92.7 Å². The smallest absolute Gasteiger partial charge is 0.252 e. The molecular weight excluding hydrogens is 488 g/mol. The third-order valence-corrected chi connectivity index (χ3v) is 6.35. The number of fused-ring (bicyclic) bond motifs is 1. The highest BCUT2D eigenvalue weighted by Gasteiger charge is 2.20. The van der Waals surface area contributed by atoms with Crippen molar-refractivity contribution in [3.63, 3.8) is 0 Å². The summed E-state index contributed by atoms with van der Waals surface area (Å²) in [6.45, 7) is 4.53. The Hall–Kier alpha value is -3.77. The quantitative estimate of drug-likeness (QED) is 0.279. The van der Waals surface area contributed by atoms with Crippen LogP contribution in [0, 0.1) is 13.8 Å². The van der Waals surface area contributed by atoms with Crippen molar-refractivity contribution in [1.29, 1.82) is 0 Å². The van der Waals surface area contributed by atoms with E-state index < -0.39 is 0 Å². The summed E-state index contributed by atoms with van der Waals surface area (Å²) in [6.07, 6.45) is 0. The van der Waals surface area contributed by atoms with Crippen LogP contribution in [0.25, 0.3) is 33.5 Å². The first-order chi connectivity index (χ1) is 16.5. The van der Waals surface area contributed by atoms with Gasteiger partial charge in [0.2, 0.25) is 0 Å². The fraction of sp³-hybridized carbons (Fsp3) is 0.107. The van der Waals surface area contributed by atoms with E-state index in [1.165, 1.54) is 5.56 Å². The first-order valence-corrected chi connectivity index (χ1v) is 11.8. The van der Waals surface area contributed by atoms with Gasteiger partial charge in [-0.2, -0.15) is 5.10 Å². The first kappa shape index (κ1) is 22.0. The molecule has 5 rings (SSSR count). The number of aromatic nitrogens is 3. The Bertz CT molecular complexity index is 1470. The van der Waals surface area contributed by atoms with Gasteiger partial charge in [-0.25, -0.2) is 4.98 Å². The van der Waals surface area contributed by atoms with Gasteiger partial charge in [0.1, 0.15) is 0 Å². The van der Waals surface area contributed by atoms with E-state index in [2.05, 4.69) is 31.4 Å². The second-order valence-corrected chi connectivity index (χ2v) is 9.31. The molecular formula is C28H23BrN4O. The Kier molecular flexibility index (Phi) is 5.99. The van der Waals surface area contributed by atoms with Crippen molar-refractivity contribution in [2.75, 3.05) is 0 Å². The van der Waals surface area contributed by atoms with Crippen LogP contribution in [-0.4, -0.2) is 21.1 Å². The molecule has 0 spiro atoms. The minimum absolute atomic E-state index is 0.166. The van der Waals surface area contributed by atoms with Gasteiger partial charge in [-0.3, -0.25) is 9.89 Å². The van der Waals surface area contributed by atoms with Crippen LogP contribution < -0.4 is 5.32 Å². The molecule has 2 aromatic heterocycles. The molecule has 0 aliphatic rings. The van der Waals surface area contributed by atoms with Crippen LogP contribution in [0.1, 0.15) is 27.0 Å². The van der Waals surface area contributed by atoms with Crippen molar-refractivity contribution in [3.8, 4) is 22.5 Å². The Morgan fingerprint density at radius 3 is 2.18 bits per heavy atom. The molecule has 0 radical (unpaired) electrons. The van der Waals surface area contributed by atoms with Crippen molar-refractivity contribution in [3.05, 3.63) is 106 Å². The van der Waals surface area contributed by atoms with E-state index in [1.54, 1.807) is 0 Å². The number of pyridine rings is 1. The molecule has 0 aliphatic heterocycles. The predicted molar refractivity (Wildman–Crippen MR) is 140 cm³/mol. The van der Waals surface area contributed by atoms with Crippen LogP contribution in [-0.2, 0) is 6.54 Å². The number of carbonyl (C=O) groups is 1. The number of aromatic amines is 1. The molecule has 0 saturated carbocycles. The average Bonchev–Trinajstić information content (AvgIpc) is 3.28. The molecule has 5 nitrogen and oxygen atoms in total. The van der Waals surface area contributed by atoms with E-state index in [0.717, 1.165) is 32.4 Å². The normalized spacial score (nSPS) is 11.0. The SMILES string of the molecule is Cc1ccc(CNC(=O)c2cc(-c3ccc(C)cc3)nc3n[nH]c(-c4ccc(Br)cc4)c23)cc1. The summed E-state index contributed by atoms with van der Waals surface area (Å²) in [5, 5.41) is 11.4. The van der Waals surface area contributed by atoms with Gasteiger partial charge in [0, 0.05) is 22.1 Å². The maximum Gasteiger partial charge on any atom is 0.252 e. The number of carbonyl (C=O) groups excluding carboxylic acids is 1. The van der Waals surface area contributed by atoms with Crippen LogP contribution in [0.15, 0.2) is 83.3 Å². The van der Waals surface area contributed by atoms with E-state index in [0.29, 0.717) is 28.8 Å². The number of hydrogen-bond acceptors (Lipinski definition) is 3. The highest BCUT2D eigenvalue weighted by molar-refractivity contribution is 9.10. The lowest BCUT2D eigenvalue weighted by molar-refractivity contribution is 0.0952. The van der Waals surface area contributed by atoms with E-state index in [4.69, 9.17) is 4.98 Å². The number of amides is 1. The van der Waals surface area contributed by atoms with Crippen molar-refractivity contribution < 1.29 is 4.79 Å². The number of halogens is 1. The molecule has 0 atom stereocenters. The van der Waals surface area contributed by atoms with Crippen molar-refractivity contribution >= 4 is 32.9 Å². The lowest BCUT2D eigenvalue weighted by Gasteiger charge is -2.10. The van der Waals surface area contributed by atoms with E-state index >= 15 is 0 Å². The number of benzene rings is 3. The second kappa shape index (κ2) is 9.23. The van der Waals surface area contributed by atoms with Crippen LogP contribution >= 0.6 is 15.9 Å². The predicted octanol–water partition coefficient (Wildman–Crippen LogP) is 6.60. The standard InChI is InChI=1S/C28H23BrN4O/c1-17-3-7-19(8-4-17)16-30-28(34)23-15-24(20-9-5-18(2)6-10-20)31-27-25(23)26(32-33-27)21-11-13-22(29)14-12-21/h3-15H,16H2,1-2H3,(H,30,34)(H,31,32,33). The topological polar surface area (TPSA) is 70.7 Å². The minimum Gasteiger partial charge on any atom is -0.348 e. The van der Waals surface area contributed by atoms with Gasteiger partial charge in [-0.15, -0.1) is 0 Å². The summed E-state index contributed by atoms with van der Waals surface area (Å²) in [7, 11) is 0. The van der Waals surface area contributed by atoms with E-state index in [-0.39, 0.29) is 5.91 Å². The van der Waals surface area contributed by atoms with Crippen LogP contribution in [0.5, 0.6) is 0 Å². The lowest BCUT2D eigenvalue weighted by atomic mass is 10.0. The van der Waals surface area contributed by atoms with Gasteiger partial charge in [-0.1, -0.05) is 87.7 Å². The molecule has 3 aromatic carbocycles. The zero-order valence-corrected chi connectivity index (χ0v) is 20.5. The summed E-state index contributed by atoms with van der Waals surface area (Å²) >= 11 is 3.48. The second-order valence-electron chi connectivity index (χ2n) is 8.39. The van der Waals surface area contributed by atoms with Crippen LogP contribution in [0.4, 0.5) is 0 Å². The Morgan fingerprint density at radius 2 is 1.50 bits per heavy atom. The summed E-state index contributed by atoms with van der Waals surface area (Å²) in [5.74, 6) is -0.166. The van der Waals surface area contributed by atoms with Crippen molar-refractivity contribution in [2.24, 2.45) is 0 Å². The fourth-order valence-corrected chi connectivity index (χ4v) is 4.15. The van der Waals surface area contributed by atoms with E-state index in [9.17, 15) is 4.79 Å². The molecule has 0 aliphatic carbocycles. The molecule has 1 amide bonds. The number of rotatable bonds is 5. The maximum atomic E-state index is 13.5. The Balaban J connectivity index is 1.60. The number of aryl methyl sites for hydroxylation is 2. The van der Waals surface area contributed by atoms with Crippen LogP contribution in [0.2, 0.25) is 0 Å². The zero-order chi connectivity index (χ0) is 23.7. The van der Waals surface area contributed by atoms with Gasteiger partial charge in [0.15, 0.2) is 5.65 Å². The number of hydrogen-bond donors (Lipinski definition) is 2. The molecule has 0 saturated heterocycles. The fourth-order valence-electron chi connectivity index (χ4n) is 3.88. The molecule has 0 fully saturated rings. The molecule has 2 heterocycles.